The van der Waals surface area contributed by atoms with Gasteiger partial charge in [0.1, 0.15) is 0 Å². The van der Waals surface area contributed by atoms with Crippen molar-refractivity contribution >= 4 is 14.7 Å². The zero-order valence-electron chi connectivity index (χ0n) is 12.7. The molecule has 1 aromatic heterocycles. The molecule has 1 aliphatic heterocycles. The van der Waals surface area contributed by atoms with E-state index in [1.165, 1.54) is 4.44 Å². The van der Waals surface area contributed by atoms with Crippen LogP contribution in [-0.2, 0) is 5.60 Å². The van der Waals surface area contributed by atoms with Gasteiger partial charge in [-0.2, -0.15) is 0 Å². The number of hydrogen-bond donors (Lipinski definition) is 0. The number of nitrogens with zero attached hydrogens (tertiary/aromatic N) is 2. The molecule has 1 unspecified atom stereocenters. The van der Waals surface area contributed by atoms with Crippen LogP contribution >= 0.6 is 0 Å². The van der Waals surface area contributed by atoms with Gasteiger partial charge in [0.25, 0.3) is 0 Å². The summed E-state index contributed by atoms with van der Waals surface area (Å²) in [4.78, 5) is 0. The fourth-order valence-corrected chi connectivity index (χ4v) is 4.48. The fraction of sp³-hybridized carbons (Fsp3) is 0.412. The average molecular weight is 361 g/mol. The number of aromatic nitrogens is 2. The van der Waals surface area contributed by atoms with E-state index in [-0.39, 0.29) is 26.4 Å². The molecule has 1 aliphatic carbocycles. The van der Waals surface area contributed by atoms with Crippen molar-refractivity contribution in [3.05, 3.63) is 34.8 Å². The molecule has 0 saturated carbocycles. The van der Waals surface area contributed by atoms with Gasteiger partial charge in [-0.3, -0.25) is 0 Å². The van der Waals surface area contributed by atoms with E-state index in [0.717, 1.165) is 42.0 Å². The summed E-state index contributed by atoms with van der Waals surface area (Å²) in [6, 6.07) is 6.07. The average Bonchev–Trinajstić information content (AvgIpc) is 2.98. The minimum absolute atomic E-state index is 0.0557. The van der Waals surface area contributed by atoms with Gasteiger partial charge in [-0.15, -0.1) is 0 Å². The standard InChI is InChI=1S/C17H18N2O2Se/c1-17(2)16-15(18-19-22-16)13-9-8-12(10-14(13)21-17)20-11-6-4-3-5-7-11/h3-4,8-11H,5-7H2,1-2H3. The molecule has 2 heterocycles. The van der Waals surface area contributed by atoms with Crippen LogP contribution < -0.4 is 9.47 Å². The summed E-state index contributed by atoms with van der Waals surface area (Å²) >= 11 is 0.0557. The van der Waals surface area contributed by atoms with E-state index in [4.69, 9.17) is 9.47 Å². The molecule has 4 nitrogen and oxygen atoms in total. The molecular weight excluding hydrogens is 343 g/mol. The molecule has 0 saturated heterocycles. The Morgan fingerprint density at radius 1 is 1.32 bits per heavy atom. The molecule has 1 aromatic carbocycles. The third-order valence-corrected chi connectivity index (χ3v) is 6.29. The van der Waals surface area contributed by atoms with Crippen LogP contribution in [0.4, 0.5) is 0 Å². The van der Waals surface area contributed by atoms with Crippen molar-refractivity contribution in [2.45, 2.75) is 44.8 Å². The van der Waals surface area contributed by atoms with Crippen molar-refractivity contribution in [2.75, 3.05) is 0 Å². The number of benzene rings is 1. The second-order valence-electron chi connectivity index (χ2n) is 6.25. The van der Waals surface area contributed by atoms with Crippen LogP contribution in [0.5, 0.6) is 11.5 Å². The van der Waals surface area contributed by atoms with Crippen molar-refractivity contribution in [1.29, 1.82) is 0 Å². The van der Waals surface area contributed by atoms with E-state index in [1.54, 1.807) is 0 Å². The summed E-state index contributed by atoms with van der Waals surface area (Å²) in [6.07, 6.45) is 7.84. The fourth-order valence-electron chi connectivity index (χ4n) is 3.00. The van der Waals surface area contributed by atoms with Gasteiger partial charge in [0.05, 0.1) is 0 Å². The monoisotopic (exact) mass is 362 g/mol. The van der Waals surface area contributed by atoms with Crippen molar-refractivity contribution in [2.24, 2.45) is 0 Å². The number of fused-ring (bicyclic) bond motifs is 3. The number of allylic oxidation sites excluding steroid dienone is 1. The molecule has 2 aromatic rings. The second kappa shape index (κ2) is 5.25. The second-order valence-corrected chi connectivity index (χ2v) is 7.83. The van der Waals surface area contributed by atoms with Crippen LogP contribution in [0.3, 0.4) is 0 Å². The zero-order valence-corrected chi connectivity index (χ0v) is 14.4. The van der Waals surface area contributed by atoms with Crippen molar-refractivity contribution in [1.82, 2.24) is 9.19 Å². The van der Waals surface area contributed by atoms with Crippen LogP contribution in [0.15, 0.2) is 30.4 Å². The van der Waals surface area contributed by atoms with E-state index >= 15 is 0 Å². The van der Waals surface area contributed by atoms with E-state index in [9.17, 15) is 0 Å². The molecule has 0 amide bonds. The molecule has 0 N–H and O–H groups in total. The van der Waals surface area contributed by atoms with Gasteiger partial charge in [0, 0.05) is 0 Å². The van der Waals surface area contributed by atoms with E-state index in [2.05, 4.69) is 35.2 Å². The Balaban J connectivity index is 1.66. The number of ether oxygens (including phenoxy) is 2. The topological polar surface area (TPSA) is 44.2 Å². The van der Waals surface area contributed by atoms with Gasteiger partial charge in [-0.1, -0.05) is 0 Å². The molecule has 114 valence electrons. The van der Waals surface area contributed by atoms with Crippen LogP contribution in [0.1, 0.15) is 37.5 Å². The van der Waals surface area contributed by atoms with Gasteiger partial charge < -0.3 is 0 Å². The molecule has 4 rings (SSSR count). The van der Waals surface area contributed by atoms with Gasteiger partial charge in [-0.25, -0.2) is 0 Å². The molecular formula is C17H18N2O2Se. The molecule has 1 atom stereocenters. The first kappa shape index (κ1) is 14.0. The van der Waals surface area contributed by atoms with Gasteiger partial charge >= 0.3 is 136 Å². The summed E-state index contributed by atoms with van der Waals surface area (Å²) in [5.41, 5.74) is 1.70. The molecule has 0 fully saturated rings. The first-order valence-electron chi connectivity index (χ1n) is 7.61. The first-order chi connectivity index (χ1) is 10.6. The van der Waals surface area contributed by atoms with E-state index in [0.29, 0.717) is 0 Å². The van der Waals surface area contributed by atoms with Crippen molar-refractivity contribution in [3.8, 4) is 22.8 Å². The summed E-state index contributed by atoms with van der Waals surface area (Å²) in [7, 11) is 0. The Labute approximate surface area is 136 Å². The number of rotatable bonds is 2. The van der Waals surface area contributed by atoms with Crippen LogP contribution in [0.25, 0.3) is 11.3 Å². The van der Waals surface area contributed by atoms with Crippen molar-refractivity contribution in [3.63, 3.8) is 0 Å². The summed E-state index contributed by atoms with van der Waals surface area (Å²) in [6.45, 7) is 4.17. The molecule has 0 bridgehead atoms. The maximum absolute atomic E-state index is 6.21. The first-order valence-corrected chi connectivity index (χ1v) is 9.24. The van der Waals surface area contributed by atoms with E-state index in [1.807, 2.05) is 18.2 Å². The summed E-state index contributed by atoms with van der Waals surface area (Å²) < 4.78 is 17.8. The Bertz CT molecular complexity index is 736. The van der Waals surface area contributed by atoms with Gasteiger partial charge in [-0.05, 0) is 0 Å². The molecule has 0 spiro atoms. The van der Waals surface area contributed by atoms with E-state index < -0.39 is 0 Å². The Morgan fingerprint density at radius 3 is 3.05 bits per heavy atom. The third kappa shape index (κ3) is 2.38. The Kier molecular flexibility index (Phi) is 3.35. The number of hydrogen-bond acceptors (Lipinski definition) is 4. The molecule has 2 aliphatic rings. The van der Waals surface area contributed by atoms with Crippen LogP contribution in [0.2, 0.25) is 0 Å². The maximum atomic E-state index is 6.21. The quantitative estimate of drug-likeness (QED) is 0.608. The minimum atomic E-state index is -0.335. The normalized spacial score (nSPS) is 21.6. The molecule has 0 radical (unpaired) electrons. The molecule has 5 heteroatoms. The van der Waals surface area contributed by atoms with Crippen LogP contribution in [0, 0.1) is 0 Å². The van der Waals surface area contributed by atoms with Gasteiger partial charge in [0.2, 0.25) is 0 Å². The Hall–Kier alpha value is -1.58. The SMILES string of the molecule is CC1(C)Oc2cc(OC3CC=CCC3)ccc2-c2nn[se]c21. The predicted molar refractivity (Wildman–Crippen MR) is 85.5 cm³/mol. The van der Waals surface area contributed by atoms with Crippen LogP contribution in [-0.4, -0.2) is 30.0 Å². The van der Waals surface area contributed by atoms with Gasteiger partial charge in [0.15, 0.2) is 0 Å². The summed E-state index contributed by atoms with van der Waals surface area (Å²) in [5.74, 6) is 1.73. The Morgan fingerprint density at radius 2 is 2.23 bits per heavy atom. The van der Waals surface area contributed by atoms with Crippen molar-refractivity contribution < 1.29 is 9.47 Å². The predicted octanol–water partition coefficient (Wildman–Crippen LogP) is 3.32. The summed E-state index contributed by atoms with van der Waals surface area (Å²) in [5, 5.41) is 4.34. The third-order valence-electron chi connectivity index (χ3n) is 4.13. The molecule has 22 heavy (non-hydrogen) atoms. The zero-order chi connectivity index (χ0) is 15.2.